The van der Waals surface area contributed by atoms with E-state index in [1.54, 1.807) is 65.6 Å². The zero-order chi connectivity index (χ0) is 44.6. The first kappa shape index (κ1) is 39.7. The molecular weight excluding hydrogens is 825 g/mol. The monoisotopic (exact) mass is 869 g/mol. The van der Waals surface area contributed by atoms with E-state index in [4.69, 9.17) is 14.4 Å². The van der Waals surface area contributed by atoms with Crippen molar-refractivity contribution in [2.75, 3.05) is 31.1 Å². The molecule has 16 nitrogen and oxygen atoms in total. The van der Waals surface area contributed by atoms with Crippen molar-refractivity contribution >= 4 is 28.0 Å². The van der Waals surface area contributed by atoms with Crippen LogP contribution < -0.4 is 16.3 Å². The Bertz CT molecular complexity index is 3330. The summed E-state index contributed by atoms with van der Waals surface area (Å²) in [6.07, 6.45) is 9.97. The molecule has 1 N–H and O–H groups in total. The summed E-state index contributed by atoms with van der Waals surface area (Å²) in [6.45, 7) is 11.6. The minimum absolute atomic E-state index is 0.0405. The summed E-state index contributed by atoms with van der Waals surface area (Å²) in [6, 6.07) is 10.0. The number of fused-ring (bicyclic) bond motifs is 3. The molecule has 1 aliphatic carbocycles. The van der Waals surface area contributed by atoms with E-state index in [2.05, 4.69) is 40.1 Å². The molecule has 0 spiro atoms. The van der Waals surface area contributed by atoms with Crippen molar-refractivity contribution in [1.29, 1.82) is 0 Å². The average molecular weight is 870 g/mol. The maximum Gasteiger partial charge on any atom is 0.438 e. The van der Waals surface area contributed by atoms with Crippen LogP contribution in [-0.2, 0) is 23.6 Å². The van der Waals surface area contributed by atoms with Crippen LogP contribution in [0.15, 0.2) is 81.5 Å². The lowest BCUT2D eigenvalue weighted by atomic mass is 9.90. The fourth-order valence-corrected chi connectivity index (χ4v) is 10.1. The molecule has 1 saturated heterocycles. The van der Waals surface area contributed by atoms with Crippen molar-refractivity contribution in [1.82, 2.24) is 48.1 Å². The number of ether oxygens (including phenoxy) is 1. The number of rotatable bonds is 7. The SMILES string of the molecule is Cc1cc(-n2nc3c(c2-n2ccn(-c4ccc5c(cnn5C)c4F)c2=O)[C@H](C)N(C(=O)c2cn4cc(N5CCOC(C)(C)C5)ccc4c2C2(c4noc(=O)[nH]4)CC2)CC3)cc(C)c1F. The van der Waals surface area contributed by atoms with E-state index >= 15 is 13.6 Å². The van der Waals surface area contributed by atoms with Crippen molar-refractivity contribution in [3.63, 3.8) is 0 Å². The molecule has 6 aromatic heterocycles. The van der Waals surface area contributed by atoms with Crippen LogP contribution in [0.3, 0.4) is 0 Å². The van der Waals surface area contributed by atoms with Gasteiger partial charge in [0.2, 0.25) is 0 Å². The number of halogens is 2. The molecule has 1 saturated carbocycles. The van der Waals surface area contributed by atoms with Gasteiger partial charge in [-0.25, -0.2) is 23.1 Å². The van der Waals surface area contributed by atoms with Crippen LogP contribution in [-0.4, -0.2) is 85.9 Å². The maximum atomic E-state index is 16.1. The Morgan fingerprint density at radius 3 is 2.41 bits per heavy atom. The van der Waals surface area contributed by atoms with E-state index < -0.39 is 28.7 Å². The molecule has 2 fully saturated rings. The van der Waals surface area contributed by atoms with Gasteiger partial charge in [0.15, 0.2) is 11.6 Å². The molecule has 2 aromatic carbocycles. The van der Waals surface area contributed by atoms with Gasteiger partial charge in [-0.2, -0.15) is 10.2 Å². The number of morpholine rings is 1. The molecule has 3 aliphatic rings. The number of nitrogens with zero attached hydrogens (tertiary/aromatic N) is 10. The molecular formula is C46H45F2N11O5. The van der Waals surface area contributed by atoms with Crippen molar-refractivity contribution in [3.8, 4) is 17.2 Å². The van der Waals surface area contributed by atoms with Gasteiger partial charge in [-0.15, -0.1) is 0 Å². The number of carbonyl (C=O) groups excluding carboxylic acids is 1. The second-order valence-electron chi connectivity index (χ2n) is 18.0. The van der Waals surface area contributed by atoms with Crippen LogP contribution in [0.4, 0.5) is 14.5 Å². The molecule has 64 heavy (non-hydrogen) atoms. The van der Waals surface area contributed by atoms with E-state index in [1.807, 2.05) is 29.8 Å². The highest BCUT2D eigenvalue weighted by atomic mass is 19.1. The third-order valence-corrected chi connectivity index (χ3v) is 13.4. The number of pyridine rings is 1. The number of benzene rings is 2. The predicted molar refractivity (Wildman–Crippen MR) is 232 cm³/mol. The van der Waals surface area contributed by atoms with Crippen molar-refractivity contribution in [2.24, 2.45) is 7.05 Å². The molecule has 8 aromatic rings. The van der Waals surface area contributed by atoms with Gasteiger partial charge in [-0.3, -0.25) is 28.1 Å². The lowest BCUT2D eigenvalue weighted by molar-refractivity contribution is -0.0277. The normalized spacial score (nSPS) is 18.0. The third-order valence-electron chi connectivity index (χ3n) is 13.4. The van der Waals surface area contributed by atoms with Crippen molar-refractivity contribution in [3.05, 3.63) is 139 Å². The minimum atomic E-state index is -0.767. The predicted octanol–water partition coefficient (Wildman–Crippen LogP) is 5.98. The van der Waals surface area contributed by atoms with E-state index in [9.17, 15) is 9.59 Å². The van der Waals surface area contributed by atoms with Gasteiger partial charge in [-0.1, -0.05) is 5.16 Å². The van der Waals surface area contributed by atoms with Gasteiger partial charge in [0, 0.05) is 69.0 Å². The topological polar surface area (TPSA) is 159 Å². The molecule has 0 bridgehead atoms. The Morgan fingerprint density at radius 2 is 1.69 bits per heavy atom. The summed E-state index contributed by atoms with van der Waals surface area (Å²) in [4.78, 5) is 49.2. The average Bonchev–Trinajstić information content (AvgIpc) is 3.72. The number of carbonyl (C=O) groups is 1. The number of hydrogen-bond donors (Lipinski definition) is 1. The van der Waals surface area contributed by atoms with Crippen LogP contribution in [0.5, 0.6) is 0 Å². The van der Waals surface area contributed by atoms with Gasteiger partial charge in [0.05, 0.1) is 74.6 Å². The lowest BCUT2D eigenvalue weighted by Gasteiger charge is -2.39. The van der Waals surface area contributed by atoms with E-state index in [0.29, 0.717) is 96.3 Å². The van der Waals surface area contributed by atoms with Crippen LogP contribution in [0.2, 0.25) is 0 Å². The molecule has 0 radical (unpaired) electrons. The molecule has 1 atom stereocenters. The number of aromatic nitrogens is 9. The van der Waals surface area contributed by atoms with Gasteiger partial charge in [0.1, 0.15) is 11.6 Å². The fourth-order valence-electron chi connectivity index (χ4n) is 10.1. The van der Waals surface area contributed by atoms with Crippen molar-refractivity contribution in [2.45, 2.75) is 70.9 Å². The fraction of sp³-hybridized carbons (Fsp3) is 0.348. The first-order valence-corrected chi connectivity index (χ1v) is 21.4. The highest BCUT2D eigenvalue weighted by Gasteiger charge is 2.53. The van der Waals surface area contributed by atoms with Crippen LogP contribution in [0.1, 0.15) is 83.8 Å². The Labute approximate surface area is 363 Å². The molecule has 1 amide bonds. The number of H-pyrrole nitrogens is 1. The summed E-state index contributed by atoms with van der Waals surface area (Å²) < 4.78 is 50.0. The second-order valence-corrected chi connectivity index (χ2v) is 18.0. The summed E-state index contributed by atoms with van der Waals surface area (Å²) >= 11 is 0. The number of aryl methyl sites for hydroxylation is 3. The quantitative estimate of drug-likeness (QED) is 0.204. The highest BCUT2D eigenvalue weighted by molar-refractivity contribution is 5.99. The molecule has 2 aliphatic heterocycles. The van der Waals surface area contributed by atoms with E-state index in [1.165, 1.54) is 21.5 Å². The second kappa shape index (κ2) is 14.0. The first-order chi connectivity index (χ1) is 30.6. The van der Waals surface area contributed by atoms with Crippen LogP contribution in [0.25, 0.3) is 33.6 Å². The van der Waals surface area contributed by atoms with E-state index in [-0.39, 0.29) is 28.4 Å². The number of hydrogen-bond acceptors (Lipinski definition) is 9. The lowest BCUT2D eigenvalue weighted by Crippen LogP contribution is -2.48. The molecule has 8 heterocycles. The summed E-state index contributed by atoms with van der Waals surface area (Å²) in [7, 11) is 1.72. The summed E-state index contributed by atoms with van der Waals surface area (Å²) in [5.41, 5.74) is 4.48. The Hall–Kier alpha value is -7.08. The number of anilines is 1. The van der Waals surface area contributed by atoms with Gasteiger partial charge in [-0.05, 0) is 95.0 Å². The van der Waals surface area contributed by atoms with Crippen LogP contribution >= 0.6 is 0 Å². The Morgan fingerprint density at radius 1 is 0.938 bits per heavy atom. The maximum absolute atomic E-state index is 16.1. The smallest absolute Gasteiger partial charge is 0.372 e. The van der Waals surface area contributed by atoms with Crippen LogP contribution in [0, 0.1) is 25.5 Å². The summed E-state index contributed by atoms with van der Waals surface area (Å²) in [5.74, 6) is -1.17. The first-order valence-electron chi connectivity index (χ1n) is 21.4. The van der Waals surface area contributed by atoms with Gasteiger partial charge >= 0.3 is 11.4 Å². The Kier molecular flexibility index (Phi) is 8.67. The number of aromatic amines is 1. The van der Waals surface area contributed by atoms with E-state index in [0.717, 1.165) is 16.8 Å². The molecule has 11 rings (SSSR count). The minimum Gasteiger partial charge on any atom is -0.372 e. The Balaban J connectivity index is 1.05. The van der Waals surface area contributed by atoms with Crippen molar-refractivity contribution < 1.29 is 22.8 Å². The standard InChI is InChI=1S/C46H45F2N11O5/c1-25-19-29(20-26(2)38(25)47)59-40(58-16-15-57(44(58)62)35-10-9-33-30(39(35)48)21-49-53(33)6)36-27(3)56(14-11-32(36)51-59)41(60)31-23-55-22-28(54-17-18-63-45(4,5)24-54)7-8-34(55)37(31)46(12-13-46)42-50-43(61)64-52-42/h7-10,15-16,19-23,27H,11-14,17-18,24H2,1-6H3,(H,50,52,61)/t27-/m0/s1. The number of nitrogens with one attached hydrogen (secondary N) is 1. The zero-order valence-electron chi connectivity index (χ0n) is 36.1. The highest BCUT2D eigenvalue weighted by Crippen LogP contribution is 2.55. The van der Waals surface area contributed by atoms with Gasteiger partial charge in [0.25, 0.3) is 5.91 Å². The van der Waals surface area contributed by atoms with Gasteiger partial charge < -0.3 is 18.9 Å². The summed E-state index contributed by atoms with van der Waals surface area (Å²) in [5, 5.41) is 13.6. The molecule has 0 unspecified atom stereocenters. The molecule has 18 heteroatoms. The number of amides is 1. The largest absolute Gasteiger partial charge is 0.438 e. The molecule has 328 valence electrons. The third kappa shape index (κ3) is 5.94. The number of imidazole rings is 1. The zero-order valence-corrected chi connectivity index (χ0v) is 36.1.